The molecule has 2 aromatic carbocycles. The Morgan fingerprint density at radius 2 is 2.00 bits per heavy atom. The molecule has 0 aliphatic carbocycles. The molecule has 4 aromatic rings. The van der Waals surface area contributed by atoms with E-state index in [1.165, 1.54) is 0 Å². The van der Waals surface area contributed by atoms with Crippen LogP contribution in [0.3, 0.4) is 0 Å². The van der Waals surface area contributed by atoms with Crippen molar-refractivity contribution in [2.45, 2.75) is 10.9 Å². The first kappa shape index (κ1) is 16.4. The van der Waals surface area contributed by atoms with Gasteiger partial charge in [0.25, 0.3) is 5.89 Å². The summed E-state index contributed by atoms with van der Waals surface area (Å²) >= 11 is 1.55. The first-order chi connectivity index (χ1) is 12.8. The van der Waals surface area contributed by atoms with E-state index in [2.05, 4.69) is 15.1 Å². The van der Waals surface area contributed by atoms with Gasteiger partial charge in [-0.3, -0.25) is 4.57 Å². The van der Waals surface area contributed by atoms with Crippen LogP contribution in [0.2, 0.25) is 0 Å². The number of nitrogens with zero attached hydrogens (tertiary/aromatic N) is 4. The lowest BCUT2D eigenvalue weighted by molar-refractivity contribution is 0.414. The van der Waals surface area contributed by atoms with Crippen LogP contribution in [-0.4, -0.2) is 26.8 Å². The number of methoxy groups -OCH3 is 1. The molecule has 0 N–H and O–H groups in total. The highest BCUT2D eigenvalue weighted by Gasteiger charge is 2.12. The normalized spacial score (nSPS) is 10.8. The van der Waals surface area contributed by atoms with Crippen LogP contribution < -0.4 is 4.74 Å². The second kappa shape index (κ2) is 7.45. The average molecular weight is 364 g/mol. The van der Waals surface area contributed by atoms with Gasteiger partial charge in [0.15, 0.2) is 11.0 Å². The summed E-state index contributed by atoms with van der Waals surface area (Å²) in [5, 5.41) is 4.91. The minimum absolute atomic E-state index is 0.525. The van der Waals surface area contributed by atoms with Gasteiger partial charge in [0, 0.05) is 24.0 Å². The van der Waals surface area contributed by atoms with Crippen LogP contribution in [0.4, 0.5) is 0 Å². The zero-order valence-corrected chi connectivity index (χ0v) is 14.9. The average Bonchev–Trinajstić information content (AvgIpc) is 3.36. The van der Waals surface area contributed by atoms with Crippen molar-refractivity contribution < 1.29 is 9.26 Å². The van der Waals surface area contributed by atoms with Gasteiger partial charge in [0.05, 0.1) is 18.6 Å². The van der Waals surface area contributed by atoms with Gasteiger partial charge in [-0.05, 0) is 24.3 Å². The lowest BCUT2D eigenvalue weighted by atomic mass is 10.2. The number of hydrogen-bond acceptors (Lipinski definition) is 6. The van der Waals surface area contributed by atoms with E-state index in [9.17, 15) is 0 Å². The molecule has 0 radical (unpaired) electrons. The van der Waals surface area contributed by atoms with E-state index in [1.807, 2.05) is 65.4 Å². The highest BCUT2D eigenvalue weighted by atomic mass is 32.2. The van der Waals surface area contributed by atoms with Crippen LogP contribution in [0.5, 0.6) is 5.75 Å². The quantitative estimate of drug-likeness (QED) is 0.477. The van der Waals surface area contributed by atoms with Crippen LogP contribution in [0, 0.1) is 0 Å². The SMILES string of the molecule is COc1cccc(-n2ccnc2SCc2noc(-c3ccccc3)n2)c1. The van der Waals surface area contributed by atoms with Crippen LogP contribution >= 0.6 is 11.8 Å². The minimum atomic E-state index is 0.525. The van der Waals surface area contributed by atoms with E-state index < -0.39 is 0 Å². The first-order valence-electron chi connectivity index (χ1n) is 8.02. The first-order valence-corrected chi connectivity index (χ1v) is 9.00. The number of hydrogen-bond donors (Lipinski definition) is 0. The molecule has 0 amide bonds. The maximum Gasteiger partial charge on any atom is 0.257 e. The third kappa shape index (κ3) is 3.48. The summed E-state index contributed by atoms with van der Waals surface area (Å²) in [7, 11) is 1.66. The fraction of sp³-hybridized carbons (Fsp3) is 0.105. The van der Waals surface area contributed by atoms with Crippen molar-refractivity contribution in [3.8, 4) is 22.9 Å². The van der Waals surface area contributed by atoms with Gasteiger partial charge in [-0.2, -0.15) is 4.98 Å². The van der Waals surface area contributed by atoms with E-state index in [4.69, 9.17) is 9.26 Å². The fourth-order valence-corrected chi connectivity index (χ4v) is 3.31. The number of benzene rings is 2. The van der Waals surface area contributed by atoms with Crippen molar-refractivity contribution in [1.82, 2.24) is 19.7 Å². The second-order valence-corrected chi connectivity index (χ2v) is 6.39. The molecule has 130 valence electrons. The van der Waals surface area contributed by atoms with Gasteiger partial charge in [0.1, 0.15) is 5.75 Å². The number of aromatic nitrogens is 4. The predicted octanol–water partition coefficient (Wildman–Crippen LogP) is 4.22. The molecule has 0 saturated heterocycles. The highest BCUT2D eigenvalue weighted by Crippen LogP contribution is 2.26. The number of thioether (sulfide) groups is 1. The topological polar surface area (TPSA) is 66.0 Å². The number of imidazole rings is 1. The van der Waals surface area contributed by atoms with Gasteiger partial charge < -0.3 is 9.26 Å². The van der Waals surface area contributed by atoms with Crippen LogP contribution in [0.25, 0.3) is 17.1 Å². The number of rotatable bonds is 6. The number of ether oxygens (including phenoxy) is 1. The third-order valence-electron chi connectivity index (χ3n) is 3.76. The Labute approximate surface area is 154 Å². The summed E-state index contributed by atoms with van der Waals surface area (Å²) in [4.78, 5) is 8.88. The Balaban J connectivity index is 1.49. The third-order valence-corrected chi connectivity index (χ3v) is 4.72. The van der Waals surface area contributed by atoms with Gasteiger partial charge in [-0.25, -0.2) is 4.98 Å². The Morgan fingerprint density at radius 1 is 1.12 bits per heavy atom. The molecule has 2 heterocycles. The molecule has 0 fully saturated rings. The van der Waals surface area contributed by atoms with Crippen molar-refractivity contribution in [2.75, 3.05) is 7.11 Å². The molecular weight excluding hydrogens is 348 g/mol. The molecule has 0 unspecified atom stereocenters. The zero-order chi connectivity index (χ0) is 17.8. The second-order valence-electron chi connectivity index (χ2n) is 5.45. The molecule has 0 saturated carbocycles. The lowest BCUT2D eigenvalue weighted by Gasteiger charge is -2.08. The lowest BCUT2D eigenvalue weighted by Crippen LogP contribution is -1.96. The molecule has 26 heavy (non-hydrogen) atoms. The molecule has 0 atom stereocenters. The Hall–Kier alpha value is -3.06. The van der Waals surface area contributed by atoms with Gasteiger partial charge >= 0.3 is 0 Å². The van der Waals surface area contributed by atoms with E-state index in [1.54, 1.807) is 25.1 Å². The maximum absolute atomic E-state index is 5.35. The Morgan fingerprint density at radius 3 is 2.85 bits per heavy atom. The van der Waals surface area contributed by atoms with Crippen molar-refractivity contribution in [3.63, 3.8) is 0 Å². The van der Waals surface area contributed by atoms with E-state index in [0.717, 1.165) is 22.2 Å². The summed E-state index contributed by atoms with van der Waals surface area (Å²) in [6.45, 7) is 0. The van der Waals surface area contributed by atoms with Crippen molar-refractivity contribution in [3.05, 3.63) is 72.8 Å². The maximum atomic E-state index is 5.35. The highest BCUT2D eigenvalue weighted by molar-refractivity contribution is 7.98. The molecule has 0 spiro atoms. The largest absolute Gasteiger partial charge is 0.497 e. The zero-order valence-electron chi connectivity index (χ0n) is 14.1. The summed E-state index contributed by atoms with van der Waals surface area (Å²) in [6.07, 6.45) is 3.69. The predicted molar refractivity (Wildman–Crippen MR) is 99.4 cm³/mol. The molecule has 6 nitrogen and oxygen atoms in total. The molecule has 0 aliphatic rings. The van der Waals surface area contributed by atoms with E-state index >= 15 is 0 Å². The van der Waals surface area contributed by atoms with Crippen LogP contribution in [-0.2, 0) is 5.75 Å². The molecular formula is C19H16N4O2S. The van der Waals surface area contributed by atoms with E-state index in [-0.39, 0.29) is 0 Å². The standard InChI is InChI=1S/C19H16N4O2S/c1-24-16-9-5-8-15(12-16)23-11-10-20-19(23)26-13-17-21-18(25-22-17)14-6-3-2-4-7-14/h2-12H,13H2,1H3. The molecule has 2 aromatic heterocycles. The molecule has 0 bridgehead atoms. The van der Waals surface area contributed by atoms with Crippen LogP contribution in [0.15, 0.2) is 76.7 Å². The van der Waals surface area contributed by atoms with Gasteiger partial charge in [0.2, 0.25) is 0 Å². The Kier molecular flexibility index (Phi) is 4.70. The Bertz CT molecular complexity index is 997. The van der Waals surface area contributed by atoms with Gasteiger partial charge in [-0.1, -0.05) is 41.2 Å². The van der Waals surface area contributed by atoms with Crippen molar-refractivity contribution in [2.24, 2.45) is 0 Å². The summed E-state index contributed by atoms with van der Waals surface area (Å²) in [5.74, 6) is 2.53. The fourth-order valence-electron chi connectivity index (χ4n) is 2.49. The molecule has 7 heteroatoms. The van der Waals surface area contributed by atoms with Crippen molar-refractivity contribution >= 4 is 11.8 Å². The smallest absolute Gasteiger partial charge is 0.257 e. The summed E-state index contributed by atoms with van der Waals surface area (Å²) in [5.41, 5.74) is 1.90. The molecule has 4 rings (SSSR count). The van der Waals surface area contributed by atoms with E-state index in [0.29, 0.717) is 17.5 Å². The van der Waals surface area contributed by atoms with Crippen LogP contribution in [0.1, 0.15) is 5.82 Å². The molecule has 0 aliphatic heterocycles. The summed E-state index contributed by atoms with van der Waals surface area (Å²) in [6, 6.07) is 17.6. The van der Waals surface area contributed by atoms with Crippen molar-refractivity contribution in [1.29, 1.82) is 0 Å². The minimum Gasteiger partial charge on any atom is -0.497 e. The van der Waals surface area contributed by atoms with Gasteiger partial charge in [-0.15, -0.1) is 0 Å². The monoisotopic (exact) mass is 364 g/mol. The summed E-state index contributed by atoms with van der Waals surface area (Å²) < 4.78 is 12.6.